The highest BCUT2D eigenvalue weighted by atomic mass is 32.2. The molecule has 1 heterocycles. The van der Waals surface area contributed by atoms with Gasteiger partial charge in [0.2, 0.25) is 0 Å². The molecule has 7 heteroatoms. The molecule has 2 rings (SSSR count). The van der Waals surface area contributed by atoms with Gasteiger partial charge >= 0.3 is 6.03 Å². The molecule has 21 heavy (non-hydrogen) atoms. The molecule has 0 unspecified atom stereocenters. The molecular formula is C14H19FN2O3S. The van der Waals surface area contributed by atoms with Crippen LogP contribution in [-0.4, -0.2) is 50.5 Å². The molecule has 1 saturated heterocycles. The lowest BCUT2D eigenvalue weighted by atomic mass is 10.1. The standard InChI is InChI=1S/C14H19FN2O3S/c15-13-6-2-1-4-12(13)5-3-7-16-14(18)17-8-10-21(19,20)11-9-17/h1-2,4,6H,3,5,7-11H2,(H,16,18). The van der Waals surface area contributed by atoms with E-state index in [1.54, 1.807) is 18.2 Å². The summed E-state index contributed by atoms with van der Waals surface area (Å²) in [5.74, 6) is -0.185. The summed E-state index contributed by atoms with van der Waals surface area (Å²) in [7, 11) is -2.98. The molecule has 116 valence electrons. The van der Waals surface area contributed by atoms with Gasteiger partial charge in [0, 0.05) is 19.6 Å². The van der Waals surface area contributed by atoms with Crippen molar-refractivity contribution in [3.05, 3.63) is 35.6 Å². The van der Waals surface area contributed by atoms with Gasteiger partial charge in [-0.15, -0.1) is 0 Å². The third kappa shape index (κ3) is 4.70. The summed E-state index contributed by atoms with van der Waals surface area (Å²) in [5.41, 5.74) is 0.635. The van der Waals surface area contributed by atoms with E-state index in [-0.39, 0.29) is 36.4 Å². The first-order valence-corrected chi connectivity index (χ1v) is 8.77. The van der Waals surface area contributed by atoms with Crippen molar-refractivity contribution in [2.75, 3.05) is 31.1 Å². The smallest absolute Gasteiger partial charge is 0.317 e. The number of aryl methyl sites for hydroxylation is 1. The van der Waals surface area contributed by atoms with Gasteiger partial charge in [0.05, 0.1) is 11.5 Å². The number of amides is 2. The van der Waals surface area contributed by atoms with Crippen molar-refractivity contribution in [1.29, 1.82) is 0 Å². The summed E-state index contributed by atoms with van der Waals surface area (Å²) in [6.07, 6.45) is 1.19. The fourth-order valence-corrected chi connectivity index (χ4v) is 3.40. The Bertz CT molecular complexity index is 590. The first kappa shape index (κ1) is 15.8. The molecule has 0 spiro atoms. The summed E-state index contributed by atoms with van der Waals surface area (Å²) in [6.45, 7) is 0.916. The van der Waals surface area contributed by atoms with E-state index in [4.69, 9.17) is 0 Å². The average molecular weight is 314 g/mol. The minimum absolute atomic E-state index is 0.0235. The third-order valence-corrected chi connectivity index (χ3v) is 5.10. The zero-order chi connectivity index (χ0) is 15.3. The van der Waals surface area contributed by atoms with Crippen LogP contribution in [0, 0.1) is 5.82 Å². The second-order valence-corrected chi connectivity index (χ2v) is 7.37. The van der Waals surface area contributed by atoms with E-state index in [1.165, 1.54) is 11.0 Å². The molecule has 1 aliphatic heterocycles. The Morgan fingerprint density at radius 1 is 1.24 bits per heavy atom. The van der Waals surface area contributed by atoms with E-state index in [0.717, 1.165) is 0 Å². The van der Waals surface area contributed by atoms with E-state index in [2.05, 4.69) is 5.32 Å². The molecule has 2 amide bonds. The Labute approximate surface area is 124 Å². The second kappa shape index (κ2) is 6.89. The number of hydrogen-bond donors (Lipinski definition) is 1. The van der Waals surface area contributed by atoms with Crippen molar-refractivity contribution in [3.63, 3.8) is 0 Å². The number of nitrogens with zero attached hydrogens (tertiary/aromatic N) is 1. The zero-order valence-electron chi connectivity index (χ0n) is 11.7. The lowest BCUT2D eigenvalue weighted by Crippen LogP contribution is -2.48. The fourth-order valence-electron chi connectivity index (χ4n) is 2.20. The van der Waals surface area contributed by atoms with Gasteiger partial charge in [-0.25, -0.2) is 17.6 Å². The van der Waals surface area contributed by atoms with E-state index in [0.29, 0.717) is 24.9 Å². The number of halogens is 1. The number of sulfone groups is 1. The molecule has 0 aliphatic carbocycles. The van der Waals surface area contributed by atoms with Crippen molar-refractivity contribution >= 4 is 15.9 Å². The molecule has 0 radical (unpaired) electrons. The molecule has 0 saturated carbocycles. The molecule has 1 aromatic carbocycles. The van der Waals surface area contributed by atoms with E-state index < -0.39 is 9.84 Å². The van der Waals surface area contributed by atoms with Crippen LogP contribution in [0.4, 0.5) is 9.18 Å². The number of urea groups is 1. The summed E-state index contributed by atoms with van der Waals surface area (Å²) in [4.78, 5) is 13.3. The maximum Gasteiger partial charge on any atom is 0.317 e. The molecule has 1 aromatic rings. The largest absolute Gasteiger partial charge is 0.338 e. The van der Waals surface area contributed by atoms with E-state index in [1.807, 2.05) is 0 Å². The normalized spacial score (nSPS) is 17.5. The van der Waals surface area contributed by atoms with Crippen LogP contribution in [-0.2, 0) is 16.3 Å². The summed E-state index contributed by atoms with van der Waals surface area (Å²) < 4.78 is 35.9. The van der Waals surface area contributed by atoms with Crippen molar-refractivity contribution in [2.45, 2.75) is 12.8 Å². The summed E-state index contributed by atoms with van der Waals surface area (Å²) >= 11 is 0. The Balaban J connectivity index is 1.69. The predicted molar refractivity (Wildman–Crippen MR) is 78.3 cm³/mol. The molecule has 1 fully saturated rings. The lowest BCUT2D eigenvalue weighted by molar-refractivity contribution is 0.202. The van der Waals surface area contributed by atoms with Crippen molar-refractivity contribution in [1.82, 2.24) is 10.2 Å². The summed E-state index contributed by atoms with van der Waals surface area (Å²) in [6, 6.07) is 6.32. The van der Waals surface area contributed by atoms with Crippen LogP contribution in [0.1, 0.15) is 12.0 Å². The topological polar surface area (TPSA) is 66.5 Å². The number of hydrogen-bond acceptors (Lipinski definition) is 3. The summed E-state index contributed by atoms with van der Waals surface area (Å²) in [5, 5.41) is 2.74. The van der Waals surface area contributed by atoms with Gasteiger partial charge in [-0.2, -0.15) is 0 Å². The Morgan fingerprint density at radius 2 is 1.90 bits per heavy atom. The van der Waals surface area contributed by atoms with Crippen LogP contribution in [0.15, 0.2) is 24.3 Å². The third-order valence-electron chi connectivity index (χ3n) is 3.49. The van der Waals surface area contributed by atoms with E-state index in [9.17, 15) is 17.6 Å². The van der Waals surface area contributed by atoms with Gasteiger partial charge in [0.15, 0.2) is 9.84 Å². The molecule has 0 aromatic heterocycles. The van der Waals surface area contributed by atoms with Crippen LogP contribution in [0.3, 0.4) is 0 Å². The van der Waals surface area contributed by atoms with Crippen molar-refractivity contribution < 1.29 is 17.6 Å². The van der Waals surface area contributed by atoms with Gasteiger partial charge in [-0.1, -0.05) is 18.2 Å². The molecular weight excluding hydrogens is 295 g/mol. The first-order chi connectivity index (χ1) is 9.98. The van der Waals surface area contributed by atoms with Crippen LogP contribution in [0.5, 0.6) is 0 Å². The molecule has 5 nitrogen and oxygen atoms in total. The lowest BCUT2D eigenvalue weighted by Gasteiger charge is -2.26. The van der Waals surface area contributed by atoms with Gasteiger partial charge in [0.1, 0.15) is 5.82 Å². The van der Waals surface area contributed by atoms with Gasteiger partial charge in [0.25, 0.3) is 0 Å². The van der Waals surface area contributed by atoms with Gasteiger partial charge in [-0.3, -0.25) is 0 Å². The highest BCUT2D eigenvalue weighted by Crippen LogP contribution is 2.08. The first-order valence-electron chi connectivity index (χ1n) is 6.94. The zero-order valence-corrected chi connectivity index (χ0v) is 12.5. The molecule has 0 atom stereocenters. The Kier molecular flexibility index (Phi) is 5.17. The average Bonchev–Trinajstić information content (AvgIpc) is 2.45. The minimum Gasteiger partial charge on any atom is -0.338 e. The number of nitrogens with one attached hydrogen (secondary N) is 1. The highest BCUT2D eigenvalue weighted by Gasteiger charge is 2.24. The van der Waals surface area contributed by atoms with Crippen LogP contribution < -0.4 is 5.32 Å². The number of carbonyl (C=O) groups is 1. The molecule has 1 N–H and O–H groups in total. The number of benzene rings is 1. The van der Waals surface area contributed by atoms with E-state index >= 15 is 0 Å². The Hall–Kier alpha value is -1.63. The number of carbonyl (C=O) groups excluding carboxylic acids is 1. The van der Waals surface area contributed by atoms with Gasteiger partial charge < -0.3 is 10.2 Å². The maximum atomic E-state index is 13.4. The van der Waals surface area contributed by atoms with Crippen molar-refractivity contribution in [2.24, 2.45) is 0 Å². The SMILES string of the molecule is O=C(NCCCc1ccccc1F)N1CCS(=O)(=O)CC1. The fraction of sp³-hybridized carbons (Fsp3) is 0.500. The van der Waals surface area contributed by atoms with Crippen LogP contribution in [0.2, 0.25) is 0 Å². The minimum atomic E-state index is -2.98. The maximum absolute atomic E-state index is 13.4. The number of rotatable bonds is 4. The molecule has 1 aliphatic rings. The van der Waals surface area contributed by atoms with Crippen LogP contribution >= 0.6 is 0 Å². The quantitative estimate of drug-likeness (QED) is 0.849. The Morgan fingerprint density at radius 3 is 2.57 bits per heavy atom. The predicted octanol–water partition coefficient (Wildman–Crippen LogP) is 1.20. The highest BCUT2D eigenvalue weighted by molar-refractivity contribution is 7.91. The van der Waals surface area contributed by atoms with Gasteiger partial charge in [-0.05, 0) is 24.5 Å². The monoisotopic (exact) mass is 314 g/mol. The molecule has 0 bridgehead atoms. The second-order valence-electron chi connectivity index (χ2n) is 5.07. The van der Waals surface area contributed by atoms with Crippen LogP contribution in [0.25, 0.3) is 0 Å². The van der Waals surface area contributed by atoms with Crippen molar-refractivity contribution in [3.8, 4) is 0 Å².